The van der Waals surface area contributed by atoms with E-state index in [0.29, 0.717) is 15.9 Å². The summed E-state index contributed by atoms with van der Waals surface area (Å²) >= 11 is 5.83. The number of carbonyl (C=O) groups is 1. The SMILES string of the molecule is NNC(=O)c1nnc2ccc(Cl)cc2c1N. The van der Waals surface area contributed by atoms with Crippen LogP contribution in [0.15, 0.2) is 18.2 Å². The zero-order valence-corrected chi connectivity index (χ0v) is 8.82. The van der Waals surface area contributed by atoms with Crippen LogP contribution < -0.4 is 17.0 Å². The van der Waals surface area contributed by atoms with Crippen LogP contribution in [0, 0.1) is 0 Å². The number of hydrogen-bond donors (Lipinski definition) is 3. The van der Waals surface area contributed by atoms with E-state index in [0.717, 1.165) is 0 Å². The normalized spacial score (nSPS) is 10.4. The van der Waals surface area contributed by atoms with Crippen molar-refractivity contribution >= 4 is 34.1 Å². The van der Waals surface area contributed by atoms with Crippen LogP contribution in [-0.4, -0.2) is 16.1 Å². The molecule has 2 rings (SSSR count). The molecule has 6 nitrogen and oxygen atoms in total. The molecule has 5 N–H and O–H groups in total. The summed E-state index contributed by atoms with van der Waals surface area (Å²) in [6.45, 7) is 0. The predicted molar refractivity (Wildman–Crippen MR) is 60.6 cm³/mol. The molecule has 1 aromatic heterocycles. The Bertz CT molecular complexity index is 571. The monoisotopic (exact) mass is 237 g/mol. The summed E-state index contributed by atoms with van der Waals surface area (Å²) in [4.78, 5) is 11.3. The fraction of sp³-hybridized carbons (Fsp3) is 0. The second kappa shape index (κ2) is 3.92. The lowest BCUT2D eigenvalue weighted by Gasteiger charge is -2.05. The summed E-state index contributed by atoms with van der Waals surface area (Å²) in [6, 6.07) is 4.96. The Labute approximate surface area is 95.6 Å². The highest BCUT2D eigenvalue weighted by molar-refractivity contribution is 6.31. The van der Waals surface area contributed by atoms with E-state index in [-0.39, 0.29) is 11.4 Å². The molecule has 2 aromatic rings. The lowest BCUT2D eigenvalue weighted by atomic mass is 10.1. The molecule has 0 atom stereocenters. The molecule has 0 unspecified atom stereocenters. The summed E-state index contributed by atoms with van der Waals surface area (Å²) in [5, 5.41) is 8.62. The molecule has 0 aliphatic heterocycles. The third-order valence-corrected chi connectivity index (χ3v) is 2.34. The van der Waals surface area contributed by atoms with Gasteiger partial charge >= 0.3 is 0 Å². The van der Waals surface area contributed by atoms with Gasteiger partial charge in [0.2, 0.25) is 0 Å². The molecule has 0 saturated heterocycles. The zero-order valence-electron chi connectivity index (χ0n) is 8.07. The Balaban J connectivity index is 2.72. The van der Waals surface area contributed by atoms with Crippen LogP contribution in [0.3, 0.4) is 0 Å². The van der Waals surface area contributed by atoms with E-state index in [1.165, 1.54) is 0 Å². The Morgan fingerprint density at radius 1 is 1.38 bits per heavy atom. The Hall–Kier alpha value is -1.92. The summed E-state index contributed by atoms with van der Waals surface area (Å²) in [6.07, 6.45) is 0. The van der Waals surface area contributed by atoms with Gasteiger partial charge in [-0.15, -0.1) is 10.2 Å². The molecule has 7 heteroatoms. The molecule has 0 saturated carbocycles. The van der Waals surface area contributed by atoms with Crippen molar-refractivity contribution in [1.82, 2.24) is 15.6 Å². The van der Waals surface area contributed by atoms with Gasteiger partial charge in [0.25, 0.3) is 5.91 Å². The molecule has 16 heavy (non-hydrogen) atoms. The molecular formula is C9H8ClN5O. The van der Waals surface area contributed by atoms with E-state index in [9.17, 15) is 4.79 Å². The van der Waals surface area contributed by atoms with E-state index >= 15 is 0 Å². The maximum absolute atomic E-state index is 11.3. The van der Waals surface area contributed by atoms with Gasteiger partial charge in [-0.3, -0.25) is 10.2 Å². The van der Waals surface area contributed by atoms with Gasteiger partial charge in [-0.1, -0.05) is 11.6 Å². The number of hydrogen-bond acceptors (Lipinski definition) is 5. The standard InChI is InChI=1S/C9H8ClN5O/c10-4-1-2-6-5(3-4)7(11)8(15-14-6)9(16)13-12/h1-3H,12H2,(H2,11,14)(H,13,16). The zero-order chi connectivity index (χ0) is 11.7. The fourth-order valence-corrected chi connectivity index (χ4v) is 1.50. The van der Waals surface area contributed by atoms with Crippen LogP contribution in [0.4, 0.5) is 5.69 Å². The molecule has 0 fully saturated rings. The highest BCUT2D eigenvalue weighted by Crippen LogP contribution is 2.24. The van der Waals surface area contributed by atoms with Gasteiger partial charge in [-0.05, 0) is 18.2 Å². The molecule has 1 amide bonds. The van der Waals surface area contributed by atoms with Crippen LogP contribution in [0.5, 0.6) is 0 Å². The number of nitrogens with zero attached hydrogens (tertiary/aromatic N) is 2. The third-order valence-electron chi connectivity index (χ3n) is 2.11. The van der Waals surface area contributed by atoms with E-state index in [1.54, 1.807) is 18.2 Å². The van der Waals surface area contributed by atoms with E-state index < -0.39 is 5.91 Å². The first-order chi connectivity index (χ1) is 7.63. The number of hydrazine groups is 1. The van der Waals surface area contributed by atoms with Crippen LogP contribution in [0.1, 0.15) is 10.5 Å². The van der Waals surface area contributed by atoms with Gasteiger partial charge in [-0.25, -0.2) is 5.84 Å². The largest absolute Gasteiger partial charge is 0.396 e. The third kappa shape index (κ3) is 1.64. The van der Waals surface area contributed by atoms with Crippen LogP contribution in [-0.2, 0) is 0 Å². The van der Waals surface area contributed by atoms with Crippen molar-refractivity contribution < 1.29 is 4.79 Å². The number of rotatable bonds is 1. The van der Waals surface area contributed by atoms with Crippen LogP contribution in [0.2, 0.25) is 5.02 Å². The predicted octanol–water partition coefficient (Wildman–Crippen LogP) is 0.469. The van der Waals surface area contributed by atoms with Crippen LogP contribution in [0.25, 0.3) is 10.9 Å². The number of amides is 1. The minimum Gasteiger partial charge on any atom is -0.396 e. The molecular weight excluding hydrogens is 230 g/mol. The molecule has 0 bridgehead atoms. The van der Waals surface area contributed by atoms with Crippen molar-refractivity contribution in [3.63, 3.8) is 0 Å². The number of benzene rings is 1. The molecule has 1 aromatic carbocycles. The minimum atomic E-state index is -0.591. The van der Waals surface area contributed by atoms with Gasteiger partial charge < -0.3 is 5.73 Å². The summed E-state index contributed by atoms with van der Waals surface area (Å²) in [7, 11) is 0. The molecule has 0 spiro atoms. The first-order valence-electron chi connectivity index (χ1n) is 4.36. The molecule has 1 heterocycles. The molecule has 0 radical (unpaired) electrons. The van der Waals surface area contributed by atoms with Gasteiger partial charge in [0.15, 0.2) is 5.69 Å². The maximum atomic E-state index is 11.3. The van der Waals surface area contributed by atoms with Crippen LogP contribution >= 0.6 is 11.6 Å². The summed E-state index contributed by atoms with van der Waals surface area (Å²) in [5.41, 5.74) is 8.49. The highest BCUT2D eigenvalue weighted by Gasteiger charge is 2.14. The topological polar surface area (TPSA) is 107 Å². The second-order valence-corrected chi connectivity index (χ2v) is 3.53. The van der Waals surface area contributed by atoms with Crippen molar-refractivity contribution in [2.75, 3.05) is 5.73 Å². The van der Waals surface area contributed by atoms with Gasteiger partial charge in [-0.2, -0.15) is 0 Å². The quantitative estimate of drug-likeness (QED) is 0.380. The Kier molecular flexibility index (Phi) is 2.59. The number of nitrogen functional groups attached to an aromatic ring is 2. The van der Waals surface area contributed by atoms with Crippen molar-refractivity contribution in [3.05, 3.63) is 28.9 Å². The summed E-state index contributed by atoms with van der Waals surface area (Å²) in [5.74, 6) is 4.41. The van der Waals surface area contributed by atoms with Crippen molar-refractivity contribution in [2.24, 2.45) is 5.84 Å². The Morgan fingerprint density at radius 3 is 2.81 bits per heavy atom. The number of carbonyl (C=O) groups excluding carboxylic acids is 1. The summed E-state index contributed by atoms with van der Waals surface area (Å²) < 4.78 is 0. The number of anilines is 1. The van der Waals surface area contributed by atoms with Crippen molar-refractivity contribution in [3.8, 4) is 0 Å². The van der Waals surface area contributed by atoms with Gasteiger partial charge in [0.1, 0.15) is 0 Å². The number of halogens is 1. The van der Waals surface area contributed by atoms with Gasteiger partial charge in [0, 0.05) is 10.4 Å². The van der Waals surface area contributed by atoms with E-state index in [4.69, 9.17) is 23.2 Å². The minimum absolute atomic E-state index is 0.0164. The van der Waals surface area contributed by atoms with E-state index in [2.05, 4.69) is 10.2 Å². The average molecular weight is 238 g/mol. The molecule has 82 valence electrons. The van der Waals surface area contributed by atoms with Crippen molar-refractivity contribution in [1.29, 1.82) is 0 Å². The first kappa shape index (κ1) is 10.6. The molecule has 0 aliphatic carbocycles. The smallest absolute Gasteiger partial charge is 0.287 e. The van der Waals surface area contributed by atoms with Gasteiger partial charge in [0.05, 0.1) is 11.2 Å². The first-order valence-corrected chi connectivity index (χ1v) is 4.73. The molecule has 0 aliphatic rings. The number of aromatic nitrogens is 2. The average Bonchev–Trinajstić information content (AvgIpc) is 2.29. The Morgan fingerprint density at radius 2 is 2.12 bits per heavy atom. The number of nitrogens with two attached hydrogens (primary N) is 2. The number of nitrogens with one attached hydrogen (secondary N) is 1. The highest BCUT2D eigenvalue weighted by atomic mass is 35.5. The second-order valence-electron chi connectivity index (χ2n) is 3.10. The van der Waals surface area contributed by atoms with Crippen molar-refractivity contribution in [2.45, 2.75) is 0 Å². The maximum Gasteiger partial charge on any atom is 0.287 e. The van der Waals surface area contributed by atoms with E-state index in [1.807, 2.05) is 5.43 Å². The fourth-order valence-electron chi connectivity index (χ4n) is 1.33. The lowest BCUT2D eigenvalue weighted by molar-refractivity contribution is 0.0949. The lowest BCUT2D eigenvalue weighted by Crippen LogP contribution is -2.31. The number of fused-ring (bicyclic) bond motifs is 1.